The van der Waals surface area contributed by atoms with Crippen molar-refractivity contribution >= 4 is 18.1 Å². The molecule has 0 unspecified atom stereocenters. The molecule has 1 N–H and O–H groups in total. The number of carbonyl (C=O) groups excluding carboxylic acids is 1. The van der Waals surface area contributed by atoms with Gasteiger partial charge in [-0.1, -0.05) is 30.3 Å². The highest BCUT2D eigenvalue weighted by molar-refractivity contribution is 5.97. The number of nitrogens with zero attached hydrogens (tertiary/aromatic N) is 2. The van der Waals surface area contributed by atoms with Gasteiger partial charge in [0, 0.05) is 12.4 Å². The van der Waals surface area contributed by atoms with Crippen molar-refractivity contribution in [1.82, 2.24) is 4.90 Å². The average Bonchev–Trinajstić information content (AvgIpc) is 2.62. The van der Waals surface area contributed by atoms with Crippen LogP contribution in [-0.2, 0) is 11.3 Å². The topological polar surface area (TPSA) is 65.8 Å². The highest BCUT2D eigenvalue weighted by atomic mass is 16.6. The van der Waals surface area contributed by atoms with E-state index in [1.165, 1.54) is 23.4 Å². The smallest absolute Gasteiger partial charge is 0.414 e. The van der Waals surface area contributed by atoms with Crippen molar-refractivity contribution in [3.8, 4) is 0 Å². The monoisotopic (exact) mass is 243 g/mol. The Hall–Kier alpha value is -2.43. The lowest BCUT2D eigenvalue weighted by Crippen LogP contribution is -2.27. The molecule has 0 saturated carbocycles. The maximum Gasteiger partial charge on any atom is 0.414 e. The molecule has 0 saturated heterocycles. The van der Waals surface area contributed by atoms with E-state index in [0.717, 1.165) is 5.56 Å². The molecule has 1 aliphatic rings. The van der Waals surface area contributed by atoms with Crippen LogP contribution in [0.5, 0.6) is 0 Å². The summed E-state index contributed by atoms with van der Waals surface area (Å²) in [6.07, 6.45) is 4.01. The molecule has 5 nitrogen and oxygen atoms in total. The second-order valence-electron chi connectivity index (χ2n) is 3.71. The summed E-state index contributed by atoms with van der Waals surface area (Å²) in [5, 5.41) is 7.33. The molecule has 1 aliphatic heterocycles. The van der Waals surface area contributed by atoms with Gasteiger partial charge in [-0.15, -0.1) is 0 Å². The van der Waals surface area contributed by atoms with Gasteiger partial charge in [-0.3, -0.25) is 10.3 Å². The molecule has 0 spiro atoms. The summed E-state index contributed by atoms with van der Waals surface area (Å²) in [5.41, 5.74) is 0.936. The zero-order chi connectivity index (χ0) is 12.8. The van der Waals surface area contributed by atoms with Crippen molar-refractivity contribution in [2.75, 3.05) is 6.54 Å². The van der Waals surface area contributed by atoms with E-state index in [9.17, 15) is 4.79 Å². The van der Waals surface area contributed by atoms with E-state index in [2.05, 4.69) is 4.99 Å². The summed E-state index contributed by atoms with van der Waals surface area (Å²) in [5.74, 6) is 0.119. The lowest BCUT2D eigenvalue weighted by atomic mass is 10.2. The zero-order valence-corrected chi connectivity index (χ0v) is 9.74. The standard InChI is InChI=1S/C13H13N3O2/c14-12-6-8-16(9-7-15-12)13(17)18-10-11-4-2-1-3-5-11/h1-8,14H,9-10H2. The molecule has 0 radical (unpaired) electrons. The maximum atomic E-state index is 11.8. The molecular weight excluding hydrogens is 230 g/mol. The van der Waals surface area contributed by atoms with Gasteiger partial charge >= 0.3 is 6.09 Å². The molecule has 1 heterocycles. The quantitative estimate of drug-likeness (QED) is 0.865. The van der Waals surface area contributed by atoms with Crippen LogP contribution in [0.3, 0.4) is 0 Å². The van der Waals surface area contributed by atoms with Gasteiger partial charge < -0.3 is 4.74 Å². The molecule has 92 valence electrons. The third-order valence-electron chi connectivity index (χ3n) is 2.36. The molecule has 1 aromatic rings. The van der Waals surface area contributed by atoms with Crippen molar-refractivity contribution < 1.29 is 9.53 Å². The van der Waals surface area contributed by atoms with Gasteiger partial charge in [0.15, 0.2) is 0 Å². The summed E-state index contributed by atoms with van der Waals surface area (Å²) < 4.78 is 5.16. The Balaban J connectivity index is 1.90. The molecule has 0 bridgehead atoms. The van der Waals surface area contributed by atoms with Crippen molar-refractivity contribution in [2.24, 2.45) is 4.99 Å². The lowest BCUT2D eigenvalue weighted by molar-refractivity contribution is 0.115. The number of aliphatic imine (C=N–C) groups is 1. The van der Waals surface area contributed by atoms with Gasteiger partial charge in [0.05, 0.1) is 6.54 Å². The van der Waals surface area contributed by atoms with Gasteiger partial charge in [0.2, 0.25) is 0 Å². The van der Waals surface area contributed by atoms with E-state index in [1.807, 2.05) is 30.3 Å². The van der Waals surface area contributed by atoms with Crippen LogP contribution in [0, 0.1) is 5.41 Å². The number of benzene rings is 1. The lowest BCUT2D eigenvalue weighted by Gasteiger charge is -2.14. The number of hydrogen-bond donors (Lipinski definition) is 1. The summed E-state index contributed by atoms with van der Waals surface area (Å²) in [4.78, 5) is 16.9. The molecule has 18 heavy (non-hydrogen) atoms. The largest absolute Gasteiger partial charge is 0.444 e. The number of nitrogens with one attached hydrogen (secondary N) is 1. The zero-order valence-electron chi connectivity index (χ0n) is 9.74. The van der Waals surface area contributed by atoms with Crippen molar-refractivity contribution in [2.45, 2.75) is 6.61 Å². The number of ether oxygens (including phenoxy) is 1. The van der Waals surface area contributed by atoms with E-state index in [4.69, 9.17) is 10.1 Å². The van der Waals surface area contributed by atoms with Gasteiger partial charge in [-0.25, -0.2) is 9.79 Å². The Morgan fingerprint density at radius 3 is 2.94 bits per heavy atom. The first-order valence-electron chi connectivity index (χ1n) is 5.52. The Labute approximate surface area is 105 Å². The summed E-state index contributed by atoms with van der Waals surface area (Å²) in [6.45, 7) is 0.547. The first-order chi connectivity index (χ1) is 8.75. The first kappa shape index (κ1) is 12.0. The van der Waals surface area contributed by atoms with Crippen LogP contribution >= 0.6 is 0 Å². The van der Waals surface area contributed by atoms with Crippen LogP contribution in [0.25, 0.3) is 0 Å². The predicted octanol–water partition coefficient (Wildman–Crippen LogP) is 2.20. The number of hydrogen-bond acceptors (Lipinski definition) is 3. The van der Waals surface area contributed by atoms with Crippen LogP contribution in [0.1, 0.15) is 5.56 Å². The fourth-order valence-electron chi connectivity index (χ4n) is 1.43. The molecule has 1 aromatic carbocycles. The third-order valence-corrected chi connectivity index (χ3v) is 2.36. The summed E-state index contributed by atoms with van der Waals surface area (Å²) >= 11 is 0. The Kier molecular flexibility index (Phi) is 3.86. The summed E-state index contributed by atoms with van der Waals surface area (Å²) in [6, 6.07) is 9.47. The Morgan fingerprint density at radius 2 is 2.17 bits per heavy atom. The number of carbonyl (C=O) groups is 1. The van der Waals surface area contributed by atoms with Gasteiger partial charge in [0.25, 0.3) is 0 Å². The molecule has 5 heteroatoms. The number of amidine groups is 1. The molecular formula is C13H13N3O2. The highest BCUT2D eigenvalue weighted by Gasteiger charge is 2.12. The van der Waals surface area contributed by atoms with Crippen LogP contribution in [0.15, 0.2) is 47.6 Å². The second-order valence-corrected chi connectivity index (χ2v) is 3.71. The third kappa shape index (κ3) is 3.28. The van der Waals surface area contributed by atoms with Gasteiger partial charge in [-0.05, 0) is 11.6 Å². The predicted molar refractivity (Wildman–Crippen MR) is 68.7 cm³/mol. The van der Waals surface area contributed by atoms with Crippen LogP contribution in [-0.4, -0.2) is 29.6 Å². The Bertz CT molecular complexity index is 494. The molecule has 0 fully saturated rings. The van der Waals surface area contributed by atoms with Crippen LogP contribution in [0.2, 0.25) is 0 Å². The van der Waals surface area contributed by atoms with E-state index >= 15 is 0 Å². The second kappa shape index (κ2) is 5.77. The maximum absolute atomic E-state index is 11.8. The molecule has 2 rings (SSSR count). The SMILES string of the molecule is N=C1C=CN(C(=O)OCc2ccccc2)CC=N1. The van der Waals surface area contributed by atoms with Crippen LogP contribution in [0.4, 0.5) is 4.79 Å². The summed E-state index contributed by atoms with van der Waals surface area (Å²) in [7, 11) is 0. The average molecular weight is 243 g/mol. The van der Waals surface area contributed by atoms with E-state index in [0.29, 0.717) is 6.54 Å². The van der Waals surface area contributed by atoms with Gasteiger partial charge in [-0.2, -0.15) is 0 Å². The van der Waals surface area contributed by atoms with Gasteiger partial charge in [0.1, 0.15) is 12.4 Å². The molecule has 0 atom stereocenters. The number of rotatable bonds is 2. The van der Waals surface area contributed by atoms with Crippen molar-refractivity contribution in [3.63, 3.8) is 0 Å². The minimum absolute atomic E-state index is 0.119. The first-order valence-corrected chi connectivity index (χ1v) is 5.52. The molecule has 0 aliphatic carbocycles. The number of amides is 1. The minimum atomic E-state index is -0.448. The Morgan fingerprint density at radius 1 is 1.39 bits per heavy atom. The fourth-order valence-corrected chi connectivity index (χ4v) is 1.43. The van der Waals surface area contributed by atoms with E-state index in [1.54, 1.807) is 0 Å². The minimum Gasteiger partial charge on any atom is -0.444 e. The normalized spacial score (nSPS) is 14.4. The highest BCUT2D eigenvalue weighted by Crippen LogP contribution is 2.04. The van der Waals surface area contributed by atoms with E-state index < -0.39 is 6.09 Å². The van der Waals surface area contributed by atoms with E-state index in [-0.39, 0.29) is 12.4 Å². The van der Waals surface area contributed by atoms with Crippen molar-refractivity contribution in [1.29, 1.82) is 5.41 Å². The molecule has 0 aromatic heterocycles. The molecule has 1 amide bonds. The fraction of sp³-hybridized carbons (Fsp3) is 0.154. The van der Waals surface area contributed by atoms with Crippen LogP contribution < -0.4 is 0 Å². The van der Waals surface area contributed by atoms with Crippen molar-refractivity contribution in [3.05, 3.63) is 48.2 Å².